The van der Waals surface area contributed by atoms with Gasteiger partial charge in [-0.15, -0.1) is 0 Å². The number of rotatable bonds is 8. The van der Waals surface area contributed by atoms with E-state index >= 15 is 0 Å². The lowest BCUT2D eigenvalue weighted by atomic mass is 9.92. The molecule has 166 valence electrons. The van der Waals surface area contributed by atoms with Crippen LogP contribution in [0.1, 0.15) is 68.3 Å². The Morgan fingerprint density at radius 3 is 2.67 bits per heavy atom. The van der Waals surface area contributed by atoms with Gasteiger partial charge in [0, 0.05) is 31.6 Å². The maximum atomic E-state index is 12.8. The van der Waals surface area contributed by atoms with Crippen LogP contribution in [0.3, 0.4) is 0 Å². The molecule has 1 heterocycles. The number of carbonyl (C=O) groups excluding carboxylic acids is 3. The molecular formula is C23H35N3O4. The maximum Gasteiger partial charge on any atom is 0.255 e. The van der Waals surface area contributed by atoms with Crippen molar-refractivity contribution >= 4 is 18.1 Å². The Morgan fingerprint density at radius 2 is 2.00 bits per heavy atom. The zero-order chi connectivity index (χ0) is 22.1. The summed E-state index contributed by atoms with van der Waals surface area (Å²) in [4.78, 5) is 37.4. The van der Waals surface area contributed by atoms with Crippen molar-refractivity contribution < 1.29 is 19.1 Å². The summed E-state index contributed by atoms with van der Waals surface area (Å²) in [6.45, 7) is 4.35. The fourth-order valence-electron chi connectivity index (χ4n) is 4.21. The van der Waals surface area contributed by atoms with Gasteiger partial charge in [-0.1, -0.05) is 20.3 Å². The van der Waals surface area contributed by atoms with Crippen molar-refractivity contribution in [3.8, 4) is 5.75 Å². The number of likely N-dealkylation sites (N-methyl/N-ethyl adjacent to an activating group) is 2. The number of amides is 2. The van der Waals surface area contributed by atoms with Gasteiger partial charge in [0.05, 0.1) is 0 Å². The highest BCUT2D eigenvalue weighted by atomic mass is 16.5. The van der Waals surface area contributed by atoms with E-state index in [9.17, 15) is 14.4 Å². The normalized spacial score (nSPS) is 21.2. The number of fused-ring (bicyclic) bond motifs is 1. The van der Waals surface area contributed by atoms with Crippen LogP contribution in [0.5, 0.6) is 5.75 Å². The number of nitrogens with zero attached hydrogens (tertiary/aromatic N) is 1. The Labute approximate surface area is 179 Å². The van der Waals surface area contributed by atoms with Crippen molar-refractivity contribution in [2.75, 3.05) is 14.1 Å². The molecule has 2 amide bonds. The minimum atomic E-state index is -0.647. The van der Waals surface area contributed by atoms with E-state index in [1.807, 2.05) is 33.0 Å². The molecule has 7 nitrogen and oxygen atoms in total. The number of hydrogen-bond donors (Lipinski definition) is 2. The highest BCUT2D eigenvalue weighted by Crippen LogP contribution is 2.31. The van der Waals surface area contributed by atoms with Crippen molar-refractivity contribution in [3.63, 3.8) is 0 Å². The van der Waals surface area contributed by atoms with Gasteiger partial charge in [-0.05, 0) is 56.5 Å². The molecule has 0 spiro atoms. The van der Waals surface area contributed by atoms with Crippen LogP contribution in [0.2, 0.25) is 0 Å². The molecule has 2 N–H and O–H groups in total. The third-order valence-corrected chi connectivity index (χ3v) is 5.75. The number of nitrogens with one attached hydrogen (secondary N) is 2. The lowest BCUT2D eigenvalue weighted by molar-refractivity contribution is -0.125. The van der Waals surface area contributed by atoms with Gasteiger partial charge in [0.15, 0.2) is 0 Å². The summed E-state index contributed by atoms with van der Waals surface area (Å²) < 4.78 is 6.23. The van der Waals surface area contributed by atoms with Crippen LogP contribution >= 0.6 is 0 Å². The van der Waals surface area contributed by atoms with Crippen LogP contribution in [0.25, 0.3) is 0 Å². The SMILES string of the molecule is CC.CNC(=O)C(CCC=O)N1Cc2cc(OC3CCCCC3NC)ccc2C1=O. The zero-order valence-electron chi connectivity index (χ0n) is 18.6. The van der Waals surface area contributed by atoms with Gasteiger partial charge < -0.3 is 25.1 Å². The summed E-state index contributed by atoms with van der Waals surface area (Å²) >= 11 is 0. The van der Waals surface area contributed by atoms with E-state index in [0.29, 0.717) is 24.6 Å². The summed E-state index contributed by atoms with van der Waals surface area (Å²) in [5.74, 6) is 0.329. The summed E-state index contributed by atoms with van der Waals surface area (Å²) in [6.07, 6.45) is 5.93. The van der Waals surface area contributed by atoms with Crippen LogP contribution < -0.4 is 15.4 Å². The third kappa shape index (κ3) is 5.39. The van der Waals surface area contributed by atoms with Gasteiger partial charge in [-0.2, -0.15) is 0 Å². The van der Waals surface area contributed by atoms with Crippen molar-refractivity contribution in [3.05, 3.63) is 29.3 Å². The van der Waals surface area contributed by atoms with Crippen LogP contribution in [-0.4, -0.2) is 55.3 Å². The molecule has 1 saturated carbocycles. The second-order valence-electron chi connectivity index (χ2n) is 7.46. The van der Waals surface area contributed by atoms with E-state index in [0.717, 1.165) is 36.9 Å². The summed E-state index contributed by atoms with van der Waals surface area (Å²) in [5.41, 5.74) is 1.46. The molecule has 1 aromatic rings. The Bertz CT molecular complexity index is 737. The first-order valence-corrected chi connectivity index (χ1v) is 11.0. The second kappa shape index (κ2) is 11.7. The predicted molar refractivity (Wildman–Crippen MR) is 117 cm³/mol. The fraction of sp³-hybridized carbons (Fsp3) is 0.609. The topological polar surface area (TPSA) is 87.7 Å². The number of benzene rings is 1. The van der Waals surface area contributed by atoms with Crippen LogP contribution in [-0.2, 0) is 16.1 Å². The summed E-state index contributed by atoms with van der Waals surface area (Å²) in [7, 11) is 3.50. The zero-order valence-corrected chi connectivity index (χ0v) is 18.6. The molecule has 2 aliphatic rings. The summed E-state index contributed by atoms with van der Waals surface area (Å²) in [6, 6.07) is 5.22. The first-order valence-electron chi connectivity index (χ1n) is 11.0. The molecule has 30 heavy (non-hydrogen) atoms. The molecule has 1 fully saturated rings. The number of aldehydes is 1. The largest absolute Gasteiger partial charge is 0.489 e. The lowest BCUT2D eigenvalue weighted by Crippen LogP contribution is -2.46. The average Bonchev–Trinajstić information content (AvgIpc) is 3.11. The van der Waals surface area contributed by atoms with E-state index in [1.54, 1.807) is 11.0 Å². The van der Waals surface area contributed by atoms with E-state index < -0.39 is 6.04 Å². The molecule has 0 saturated heterocycles. The molecular weight excluding hydrogens is 382 g/mol. The van der Waals surface area contributed by atoms with E-state index in [4.69, 9.17) is 4.74 Å². The Hall–Kier alpha value is -2.41. The number of hydrogen-bond acceptors (Lipinski definition) is 5. The highest BCUT2D eigenvalue weighted by Gasteiger charge is 2.36. The highest BCUT2D eigenvalue weighted by molar-refractivity contribution is 6.01. The molecule has 1 aliphatic carbocycles. The third-order valence-electron chi connectivity index (χ3n) is 5.75. The van der Waals surface area contributed by atoms with E-state index in [1.165, 1.54) is 13.5 Å². The maximum absolute atomic E-state index is 12.8. The quantitative estimate of drug-likeness (QED) is 0.635. The fourth-order valence-corrected chi connectivity index (χ4v) is 4.21. The van der Waals surface area contributed by atoms with Crippen molar-refractivity contribution in [1.29, 1.82) is 0 Å². The molecule has 0 radical (unpaired) electrons. The first-order chi connectivity index (χ1) is 14.6. The minimum absolute atomic E-state index is 0.121. The average molecular weight is 418 g/mol. The second-order valence-corrected chi connectivity index (χ2v) is 7.46. The molecule has 1 aromatic carbocycles. The number of ether oxygens (including phenoxy) is 1. The van der Waals surface area contributed by atoms with Crippen LogP contribution in [0.15, 0.2) is 18.2 Å². The molecule has 3 rings (SSSR count). The van der Waals surface area contributed by atoms with Gasteiger partial charge in [0.2, 0.25) is 5.91 Å². The van der Waals surface area contributed by atoms with E-state index in [-0.39, 0.29) is 24.3 Å². The standard InChI is InChI=1S/C21H29N3O4.C2H6/c1-22-17-6-3-4-8-19(17)28-15-9-10-16-14(12-15)13-24(21(16)27)18(7-5-11-25)20(26)23-2;1-2/h9-12,17-19,22H,3-8,13H2,1-2H3,(H,23,26);1-2H3. The van der Waals surface area contributed by atoms with Gasteiger partial charge in [0.25, 0.3) is 5.91 Å². The van der Waals surface area contributed by atoms with Crippen molar-refractivity contribution in [2.24, 2.45) is 0 Å². The monoisotopic (exact) mass is 417 g/mol. The van der Waals surface area contributed by atoms with Crippen molar-refractivity contribution in [2.45, 2.75) is 77.1 Å². The van der Waals surface area contributed by atoms with Gasteiger partial charge in [-0.25, -0.2) is 0 Å². The Morgan fingerprint density at radius 1 is 1.27 bits per heavy atom. The molecule has 7 heteroatoms. The molecule has 3 atom stereocenters. The van der Waals surface area contributed by atoms with Gasteiger partial charge in [-0.3, -0.25) is 9.59 Å². The smallest absolute Gasteiger partial charge is 0.255 e. The summed E-state index contributed by atoms with van der Waals surface area (Å²) in [5, 5.41) is 5.93. The molecule has 1 aliphatic heterocycles. The Kier molecular flexibility index (Phi) is 9.30. The molecule has 0 bridgehead atoms. The van der Waals surface area contributed by atoms with Gasteiger partial charge in [0.1, 0.15) is 24.2 Å². The van der Waals surface area contributed by atoms with Crippen LogP contribution in [0, 0.1) is 0 Å². The van der Waals surface area contributed by atoms with E-state index in [2.05, 4.69) is 10.6 Å². The predicted octanol–water partition coefficient (Wildman–Crippen LogP) is 2.67. The lowest BCUT2D eigenvalue weighted by Gasteiger charge is -2.31. The first kappa shape index (κ1) is 23.9. The number of carbonyl (C=O) groups is 3. The molecule has 0 aromatic heterocycles. The minimum Gasteiger partial charge on any atom is -0.489 e. The van der Waals surface area contributed by atoms with Crippen LogP contribution in [0.4, 0.5) is 0 Å². The van der Waals surface area contributed by atoms with Gasteiger partial charge >= 0.3 is 0 Å². The van der Waals surface area contributed by atoms with Crippen molar-refractivity contribution in [1.82, 2.24) is 15.5 Å². The molecule has 3 unspecified atom stereocenters. The Balaban J connectivity index is 0.00000155.